The minimum Gasteiger partial charge on any atom is -0.462 e. The van der Waals surface area contributed by atoms with Crippen molar-refractivity contribution < 1.29 is 26.9 Å². The Morgan fingerprint density at radius 3 is 2.18 bits per heavy atom. The van der Waals surface area contributed by atoms with E-state index >= 15 is 0 Å². The van der Waals surface area contributed by atoms with E-state index in [1.807, 2.05) is 13.0 Å². The van der Waals surface area contributed by atoms with Gasteiger partial charge in [0, 0.05) is 17.4 Å². The predicted octanol–water partition coefficient (Wildman–Crippen LogP) is 5.20. The summed E-state index contributed by atoms with van der Waals surface area (Å²) in [4.78, 5) is 24.9. The van der Waals surface area contributed by atoms with E-state index in [0.717, 1.165) is 6.42 Å². The van der Waals surface area contributed by atoms with Gasteiger partial charge in [-0.2, -0.15) is 8.42 Å². The summed E-state index contributed by atoms with van der Waals surface area (Å²) in [6, 6.07) is 20.9. The third-order valence-electron chi connectivity index (χ3n) is 4.63. The molecule has 34 heavy (non-hydrogen) atoms. The van der Waals surface area contributed by atoms with E-state index in [1.54, 1.807) is 54.6 Å². The highest BCUT2D eigenvalue weighted by atomic mass is 32.2. The second-order valence-electron chi connectivity index (χ2n) is 7.42. The summed E-state index contributed by atoms with van der Waals surface area (Å²) in [5.74, 6) is -1.32. The van der Waals surface area contributed by atoms with Gasteiger partial charge in [-0.1, -0.05) is 61.9 Å². The number of hydrogen-bond acceptors (Lipinski definition) is 6. The van der Waals surface area contributed by atoms with Crippen molar-refractivity contribution in [1.29, 1.82) is 0 Å². The van der Waals surface area contributed by atoms with Gasteiger partial charge >= 0.3 is 22.1 Å². The van der Waals surface area contributed by atoms with Crippen LogP contribution in [0.15, 0.2) is 78.9 Å². The zero-order valence-corrected chi connectivity index (χ0v) is 19.5. The first kappa shape index (κ1) is 24.8. The molecule has 0 radical (unpaired) electrons. The molecule has 3 aromatic rings. The van der Waals surface area contributed by atoms with Gasteiger partial charge in [0.25, 0.3) is 0 Å². The van der Waals surface area contributed by atoms with Crippen molar-refractivity contribution >= 4 is 33.5 Å². The second kappa shape index (κ2) is 11.9. The van der Waals surface area contributed by atoms with E-state index in [0.29, 0.717) is 17.7 Å². The highest BCUT2D eigenvalue weighted by Crippen LogP contribution is 2.27. The van der Waals surface area contributed by atoms with Crippen LogP contribution in [-0.2, 0) is 20.6 Å². The second-order valence-corrected chi connectivity index (χ2v) is 8.99. The molecule has 178 valence electrons. The number of unbranched alkanes of at least 4 members (excludes halogenated alkanes) is 1. The zero-order valence-electron chi connectivity index (χ0n) is 18.7. The van der Waals surface area contributed by atoms with Gasteiger partial charge in [0.1, 0.15) is 11.3 Å². The molecule has 0 aliphatic carbocycles. The van der Waals surface area contributed by atoms with Crippen LogP contribution in [0.2, 0.25) is 0 Å². The summed E-state index contributed by atoms with van der Waals surface area (Å²) in [5.41, 5.74) is 1.30. The average Bonchev–Trinajstić information content (AvgIpc) is 2.80. The Labute approximate surface area is 199 Å². The summed E-state index contributed by atoms with van der Waals surface area (Å²) in [7, 11) is -4.10. The lowest BCUT2D eigenvalue weighted by Crippen LogP contribution is -2.20. The van der Waals surface area contributed by atoms with Gasteiger partial charge in [0.2, 0.25) is 0 Å². The lowest BCUT2D eigenvalue weighted by Gasteiger charge is -2.14. The number of esters is 1. The Hall–Kier alpha value is -3.85. The first-order valence-corrected chi connectivity index (χ1v) is 12.3. The quantitative estimate of drug-likeness (QED) is 0.234. The lowest BCUT2D eigenvalue weighted by atomic mass is 10.2. The van der Waals surface area contributed by atoms with E-state index in [9.17, 15) is 18.0 Å². The highest BCUT2D eigenvalue weighted by Gasteiger charge is 2.22. The van der Waals surface area contributed by atoms with Crippen LogP contribution in [0.25, 0.3) is 0 Å². The van der Waals surface area contributed by atoms with Crippen LogP contribution in [0.3, 0.4) is 0 Å². The van der Waals surface area contributed by atoms with E-state index in [2.05, 4.69) is 10.6 Å². The van der Waals surface area contributed by atoms with Crippen LogP contribution >= 0.6 is 0 Å². The van der Waals surface area contributed by atoms with E-state index in [-0.39, 0.29) is 29.4 Å². The van der Waals surface area contributed by atoms with Gasteiger partial charge in [-0.15, -0.1) is 0 Å². The molecular formula is C25H26N2O6S. The number of amides is 2. The molecule has 2 amide bonds. The zero-order chi connectivity index (χ0) is 24.4. The number of nitrogens with one attached hydrogen (secondary N) is 2. The highest BCUT2D eigenvalue weighted by molar-refractivity contribution is 7.86. The third kappa shape index (κ3) is 7.63. The molecule has 2 N–H and O–H groups in total. The number of urea groups is 1. The molecule has 8 nitrogen and oxygen atoms in total. The molecular weight excluding hydrogens is 456 g/mol. The van der Waals surface area contributed by atoms with Gasteiger partial charge in [-0.3, -0.25) is 0 Å². The summed E-state index contributed by atoms with van der Waals surface area (Å²) in [6.45, 7) is 2.16. The Kier molecular flexibility index (Phi) is 8.64. The van der Waals surface area contributed by atoms with E-state index in [1.165, 1.54) is 18.2 Å². The lowest BCUT2D eigenvalue weighted by molar-refractivity contribution is 0.0498. The first-order valence-electron chi connectivity index (χ1n) is 10.8. The smallest absolute Gasteiger partial charge is 0.341 e. The van der Waals surface area contributed by atoms with Gasteiger partial charge < -0.3 is 19.6 Å². The molecule has 0 aliphatic heterocycles. The fourth-order valence-electron chi connectivity index (χ4n) is 2.98. The molecule has 0 unspecified atom stereocenters. The standard InChI is InChI=1S/C25H26N2O6S/c1-2-3-16-32-24(28)22-15-14-21(27-25(29)26-20-12-8-5-9-13-20)17-23(22)33-34(30,31)18-19-10-6-4-7-11-19/h4-15,17H,2-3,16,18H2,1H3,(H2,26,27,29). The molecule has 0 saturated heterocycles. The number of ether oxygens (including phenoxy) is 1. The summed E-state index contributed by atoms with van der Waals surface area (Å²) >= 11 is 0. The number of carbonyl (C=O) groups is 2. The van der Waals surface area contributed by atoms with Crippen molar-refractivity contribution in [1.82, 2.24) is 0 Å². The van der Waals surface area contributed by atoms with Crippen molar-refractivity contribution in [3.63, 3.8) is 0 Å². The van der Waals surface area contributed by atoms with Crippen LogP contribution in [0, 0.1) is 0 Å². The maximum atomic E-state index is 12.7. The fraction of sp³-hybridized carbons (Fsp3) is 0.200. The Bertz CT molecular complexity index is 1210. The van der Waals surface area contributed by atoms with Gasteiger partial charge in [0.15, 0.2) is 5.75 Å². The SMILES string of the molecule is CCCCOC(=O)c1ccc(NC(=O)Nc2ccccc2)cc1OS(=O)(=O)Cc1ccccc1. The minimum atomic E-state index is -4.10. The maximum Gasteiger partial charge on any atom is 0.341 e. The van der Waals surface area contributed by atoms with Crippen LogP contribution in [-0.4, -0.2) is 27.0 Å². The number of rotatable bonds is 10. The largest absolute Gasteiger partial charge is 0.462 e. The number of benzene rings is 3. The fourth-order valence-corrected chi connectivity index (χ4v) is 4.06. The van der Waals surface area contributed by atoms with E-state index < -0.39 is 22.1 Å². The average molecular weight is 483 g/mol. The monoisotopic (exact) mass is 482 g/mol. The number of carbonyl (C=O) groups excluding carboxylic acids is 2. The molecule has 9 heteroatoms. The molecule has 3 aromatic carbocycles. The van der Waals surface area contributed by atoms with Crippen molar-refractivity contribution in [2.24, 2.45) is 0 Å². The first-order chi connectivity index (χ1) is 16.4. The summed E-state index contributed by atoms with van der Waals surface area (Å²) < 4.78 is 35.9. The molecule has 3 rings (SSSR count). The topological polar surface area (TPSA) is 111 Å². The van der Waals surface area contributed by atoms with Crippen molar-refractivity contribution in [3.8, 4) is 5.75 Å². The molecule has 0 aromatic heterocycles. The van der Waals surface area contributed by atoms with Crippen molar-refractivity contribution in [2.45, 2.75) is 25.5 Å². The molecule has 0 aliphatic rings. The normalized spacial score (nSPS) is 10.9. The van der Waals surface area contributed by atoms with Gasteiger partial charge in [-0.25, -0.2) is 9.59 Å². The Morgan fingerprint density at radius 2 is 1.50 bits per heavy atom. The van der Waals surface area contributed by atoms with Gasteiger partial charge in [-0.05, 0) is 36.2 Å². The van der Waals surface area contributed by atoms with E-state index in [4.69, 9.17) is 8.92 Å². The number of anilines is 2. The Balaban J connectivity index is 1.82. The minimum absolute atomic E-state index is 0.0539. The molecule has 0 spiro atoms. The number of hydrogen-bond donors (Lipinski definition) is 2. The van der Waals surface area contributed by atoms with Crippen LogP contribution in [0.5, 0.6) is 5.75 Å². The summed E-state index contributed by atoms with van der Waals surface area (Å²) in [5, 5.41) is 5.27. The molecule has 0 saturated carbocycles. The summed E-state index contributed by atoms with van der Waals surface area (Å²) in [6.07, 6.45) is 1.51. The third-order valence-corrected chi connectivity index (χ3v) is 5.75. The molecule has 0 heterocycles. The number of para-hydroxylation sites is 1. The maximum absolute atomic E-state index is 12.7. The van der Waals surface area contributed by atoms with Crippen molar-refractivity contribution in [3.05, 3.63) is 90.0 Å². The van der Waals surface area contributed by atoms with Crippen LogP contribution in [0.1, 0.15) is 35.7 Å². The molecule has 0 bridgehead atoms. The van der Waals surface area contributed by atoms with Gasteiger partial charge in [0.05, 0.1) is 6.61 Å². The molecule has 0 fully saturated rings. The van der Waals surface area contributed by atoms with Crippen LogP contribution in [0.4, 0.5) is 16.2 Å². The van der Waals surface area contributed by atoms with Crippen molar-refractivity contribution in [2.75, 3.05) is 17.2 Å². The molecule has 0 atom stereocenters. The van der Waals surface area contributed by atoms with Crippen LogP contribution < -0.4 is 14.8 Å². The predicted molar refractivity (Wildman–Crippen MR) is 130 cm³/mol. The Morgan fingerprint density at radius 1 is 0.853 bits per heavy atom.